The SMILES string of the molecule is CCCCOC(=O)c1cc(-c2ccc(C=Nc3sc4c(c3C#N)CCCC4)o2)ccc1Cl. The third kappa shape index (κ3) is 4.79. The normalized spacial score (nSPS) is 13.2. The molecule has 1 aliphatic carbocycles. The fourth-order valence-corrected chi connectivity index (χ4v) is 5.06. The van der Waals surface area contributed by atoms with Crippen LogP contribution >= 0.6 is 22.9 Å². The lowest BCUT2D eigenvalue weighted by atomic mass is 9.96. The van der Waals surface area contributed by atoms with Crippen LogP contribution in [0.4, 0.5) is 5.00 Å². The van der Waals surface area contributed by atoms with E-state index in [1.54, 1.807) is 35.8 Å². The Kier molecular flexibility index (Phi) is 7.09. The molecule has 5 nitrogen and oxygen atoms in total. The van der Waals surface area contributed by atoms with E-state index in [9.17, 15) is 10.1 Å². The highest BCUT2D eigenvalue weighted by atomic mass is 35.5. The zero-order valence-corrected chi connectivity index (χ0v) is 19.4. The summed E-state index contributed by atoms with van der Waals surface area (Å²) < 4.78 is 11.2. The maximum Gasteiger partial charge on any atom is 0.339 e. The highest BCUT2D eigenvalue weighted by Gasteiger charge is 2.20. The van der Waals surface area contributed by atoms with E-state index in [1.807, 2.05) is 19.1 Å². The van der Waals surface area contributed by atoms with Crippen LogP contribution in [0.1, 0.15) is 64.7 Å². The van der Waals surface area contributed by atoms with E-state index in [4.69, 9.17) is 20.8 Å². The van der Waals surface area contributed by atoms with Gasteiger partial charge in [0, 0.05) is 10.4 Å². The first kappa shape index (κ1) is 22.3. The van der Waals surface area contributed by atoms with Crippen LogP contribution in [0.2, 0.25) is 5.02 Å². The number of benzene rings is 1. The molecule has 4 rings (SSSR count). The van der Waals surface area contributed by atoms with E-state index in [0.717, 1.165) is 54.7 Å². The van der Waals surface area contributed by atoms with Crippen molar-refractivity contribution in [1.82, 2.24) is 0 Å². The van der Waals surface area contributed by atoms with Crippen molar-refractivity contribution in [3.8, 4) is 17.4 Å². The third-order valence-corrected chi connectivity index (χ3v) is 6.93. The molecule has 3 aromatic rings. The molecule has 0 fully saturated rings. The van der Waals surface area contributed by atoms with Gasteiger partial charge in [0.2, 0.25) is 0 Å². The van der Waals surface area contributed by atoms with Crippen molar-refractivity contribution in [3.63, 3.8) is 0 Å². The van der Waals surface area contributed by atoms with Crippen molar-refractivity contribution in [2.24, 2.45) is 4.99 Å². The zero-order chi connectivity index (χ0) is 22.5. The van der Waals surface area contributed by atoms with Crippen LogP contribution in [-0.2, 0) is 17.6 Å². The number of aryl methyl sites for hydroxylation is 1. The van der Waals surface area contributed by atoms with E-state index in [0.29, 0.717) is 34.3 Å². The summed E-state index contributed by atoms with van der Waals surface area (Å²) in [7, 11) is 0. The number of thiophene rings is 1. The Bertz CT molecular complexity index is 1200. The lowest BCUT2D eigenvalue weighted by Gasteiger charge is -2.09. The van der Waals surface area contributed by atoms with E-state index < -0.39 is 5.97 Å². The van der Waals surface area contributed by atoms with Gasteiger partial charge in [-0.2, -0.15) is 5.26 Å². The molecular formula is C25H23ClN2O3S. The van der Waals surface area contributed by atoms with Crippen molar-refractivity contribution >= 4 is 40.1 Å². The number of furan rings is 1. The Hall–Kier alpha value is -2.88. The number of aliphatic imine (C=N–C) groups is 1. The number of esters is 1. The van der Waals surface area contributed by atoms with Gasteiger partial charge >= 0.3 is 5.97 Å². The molecule has 2 heterocycles. The Morgan fingerprint density at radius 3 is 2.97 bits per heavy atom. The average Bonchev–Trinajstić information content (AvgIpc) is 3.42. The largest absolute Gasteiger partial charge is 0.462 e. The number of unbranched alkanes of at least 4 members (excludes halogenated alkanes) is 1. The first-order valence-electron chi connectivity index (χ1n) is 10.8. The molecule has 1 aromatic carbocycles. The summed E-state index contributed by atoms with van der Waals surface area (Å²) in [5.74, 6) is 0.721. The number of carbonyl (C=O) groups excluding carboxylic acids is 1. The van der Waals surface area contributed by atoms with Crippen molar-refractivity contribution in [2.75, 3.05) is 6.61 Å². The number of halogens is 1. The molecule has 0 amide bonds. The molecule has 0 N–H and O–H groups in total. The van der Waals surface area contributed by atoms with Gasteiger partial charge in [-0.3, -0.25) is 0 Å². The molecule has 0 unspecified atom stereocenters. The molecule has 0 saturated heterocycles. The minimum atomic E-state index is -0.440. The number of ether oxygens (including phenoxy) is 1. The summed E-state index contributed by atoms with van der Waals surface area (Å²) >= 11 is 7.80. The third-order valence-electron chi connectivity index (χ3n) is 5.40. The van der Waals surface area contributed by atoms with Crippen LogP contribution < -0.4 is 0 Å². The second kappa shape index (κ2) is 10.2. The predicted molar refractivity (Wildman–Crippen MR) is 127 cm³/mol. The van der Waals surface area contributed by atoms with Gasteiger partial charge in [-0.05, 0) is 68.0 Å². The summed E-state index contributed by atoms with van der Waals surface area (Å²) in [6.45, 7) is 2.40. The Balaban J connectivity index is 1.53. The minimum absolute atomic E-state index is 0.315. The number of nitrogens with zero attached hydrogens (tertiary/aromatic N) is 2. The molecule has 0 atom stereocenters. The molecule has 32 heavy (non-hydrogen) atoms. The van der Waals surface area contributed by atoms with Crippen molar-refractivity contribution in [3.05, 3.63) is 62.7 Å². The molecule has 1 aliphatic rings. The smallest absolute Gasteiger partial charge is 0.339 e. The lowest BCUT2D eigenvalue weighted by molar-refractivity contribution is 0.0500. The fraction of sp³-hybridized carbons (Fsp3) is 0.320. The fourth-order valence-electron chi connectivity index (χ4n) is 3.68. The van der Waals surface area contributed by atoms with Crippen molar-refractivity contribution in [2.45, 2.75) is 45.4 Å². The molecule has 0 saturated carbocycles. The maximum atomic E-state index is 12.3. The molecule has 2 aromatic heterocycles. The number of rotatable bonds is 7. The Morgan fingerprint density at radius 1 is 1.31 bits per heavy atom. The molecule has 0 spiro atoms. The van der Waals surface area contributed by atoms with Gasteiger partial charge in [0.1, 0.15) is 22.6 Å². The molecule has 0 aliphatic heterocycles. The van der Waals surface area contributed by atoms with Crippen molar-refractivity contribution in [1.29, 1.82) is 5.26 Å². The standard InChI is InChI=1S/C25H23ClN2O3S/c1-2-3-12-30-25(29)19-13-16(8-10-21(19)26)22-11-9-17(31-22)15-28-24-20(14-27)18-6-4-5-7-23(18)32-24/h8-11,13,15H,2-7,12H2,1H3. The summed E-state index contributed by atoms with van der Waals surface area (Å²) in [4.78, 5) is 18.2. The van der Waals surface area contributed by atoms with E-state index in [-0.39, 0.29) is 0 Å². The number of carbonyl (C=O) groups is 1. The topological polar surface area (TPSA) is 75.6 Å². The van der Waals surface area contributed by atoms with Gasteiger partial charge in [-0.15, -0.1) is 11.3 Å². The van der Waals surface area contributed by atoms with E-state index in [2.05, 4.69) is 11.1 Å². The van der Waals surface area contributed by atoms with E-state index in [1.165, 1.54) is 4.88 Å². The second-order valence-corrected chi connectivity index (χ2v) is 9.14. The molecule has 0 bridgehead atoms. The molecule has 7 heteroatoms. The average molecular weight is 467 g/mol. The van der Waals surface area contributed by atoms with Gasteiger partial charge < -0.3 is 9.15 Å². The molecule has 0 radical (unpaired) electrons. The van der Waals surface area contributed by atoms with Gasteiger partial charge in [0.15, 0.2) is 0 Å². The second-order valence-electron chi connectivity index (χ2n) is 7.65. The van der Waals surface area contributed by atoms with Gasteiger partial charge in [-0.25, -0.2) is 9.79 Å². The van der Waals surface area contributed by atoms with Gasteiger partial charge in [0.25, 0.3) is 0 Å². The van der Waals surface area contributed by atoms with Gasteiger partial charge in [-0.1, -0.05) is 24.9 Å². The number of fused-ring (bicyclic) bond motifs is 1. The van der Waals surface area contributed by atoms with Crippen LogP contribution in [0, 0.1) is 11.3 Å². The predicted octanol–water partition coefficient (Wildman–Crippen LogP) is 7.12. The van der Waals surface area contributed by atoms with Crippen LogP contribution in [0.15, 0.2) is 39.7 Å². The highest BCUT2D eigenvalue weighted by Crippen LogP contribution is 2.39. The van der Waals surface area contributed by atoms with Crippen LogP contribution in [0.25, 0.3) is 11.3 Å². The number of nitriles is 1. The lowest BCUT2D eigenvalue weighted by Crippen LogP contribution is -2.07. The van der Waals surface area contributed by atoms with Crippen LogP contribution in [-0.4, -0.2) is 18.8 Å². The first-order valence-corrected chi connectivity index (χ1v) is 12.0. The monoisotopic (exact) mass is 466 g/mol. The van der Waals surface area contributed by atoms with Crippen LogP contribution in [0.3, 0.4) is 0 Å². The maximum absolute atomic E-state index is 12.3. The molecule has 164 valence electrons. The Morgan fingerprint density at radius 2 is 2.16 bits per heavy atom. The van der Waals surface area contributed by atoms with Crippen LogP contribution in [0.5, 0.6) is 0 Å². The number of hydrogen-bond acceptors (Lipinski definition) is 6. The summed E-state index contributed by atoms with van der Waals surface area (Å²) in [5.41, 5.74) is 2.89. The summed E-state index contributed by atoms with van der Waals surface area (Å²) in [6.07, 6.45) is 7.66. The minimum Gasteiger partial charge on any atom is -0.462 e. The zero-order valence-electron chi connectivity index (χ0n) is 17.8. The highest BCUT2D eigenvalue weighted by molar-refractivity contribution is 7.16. The quantitative estimate of drug-likeness (QED) is 0.211. The van der Waals surface area contributed by atoms with E-state index >= 15 is 0 Å². The summed E-state index contributed by atoms with van der Waals surface area (Å²) in [5, 5.41) is 10.7. The molecular weight excluding hydrogens is 444 g/mol. The summed E-state index contributed by atoms with van der Waals surface area (Å²) in [6, 6.07) is 11.1. The van der Waals surface area contributed by atoms with Crippen molar-refractivity contribution < 1.29 is 13.9 Å². The van der Waals surface area contributed by atoms with Gasteiger partial charge in [0.05, 0.1) is 29.0 Å². The number of hydrogen-bond donors (Lipinski definition) is 0. The Labute approximate surface area is 196 Å². The first-order chi connectivity index (χ1) is 15.6.